The van der Waals surface area contributed by atoms with Gasteiger partial charge >= 0.3 is 0 Å². The molecule has 0 aliphatic carbocycles. The highest BCUT2D eigenvalue weighted by Gasteiger charge is 2.17. The lowest BCUT2D eigenvalue weighted by atomic mass is 10.0. The minimum atomic E-state index is -0.209. The molecule has 2 aromatic carbocycles. The lowest BCUT2D eigenvalue weighted by molar-refractivity contribution is -0.121. The number of Topliss-reactive ketones (excluding diaryl/α,β-unsaturated/α-hetero) is 1. The lowest BCUT2D eigenvalue weighted by Gasteiger charge is -2.14. The fraction of sp³-hybridized carbons (Fsp3) is 0.292. The van der Waals surface area contributed by atoms with E-state index >= 15 is 0 Å². The van der Waals surface area contributed by atoms with Gasteiger partial charge in [0.15, 0.2) is 5.78 Å². The summed E-state index contributed by atoms with van der Waals surface area (Å²) in [6.45, 7) is 4.07. The number of benzene rings is 2. The summed E-state index contributed by atoms with van der Waals surface area (Å²) in [5.41, 5.74) is 3.81. The zero-order valence-electron chi connectivity index (χ0n) is 16.9. The molecule has 0 bridgehead atoms. The van der Waals surface area contributed by atoms with Gasteiger partial charge in [-0.25, -0.2) is 4.98 Å². The van der Waals surface area contributed by atoms with Crippen LogP contribution in [0.4, 0.5) is 0 Å². The summed E-state index contributed by atoms with van der Waals surface area (Å²) >= 11 is 0. The summed E-state index contributed by atoms with van der Waals surface area (Å²) < 4.78 is 0. The molecule has 0 saturated carbocycles. The average molecular weight is 389 g/mol. The summed E-state index contributed by atoms with van der Waals surface area (Å²) in [4.78, 5) is 32.5. The number of imidazole rings is 1. The van der Waals surface area contributed by atoms with Crippen LogP contribution < -0.4 is 5.32 Å². The first-order chi connectivity index (χ1) is 14.1. The van der Waals surface area contributed by atoms with Crippen LogP contribution in [0.15, 0.2) is 60.8 Å². The molecule has 0 aliphatic heterocycles. The Bertz CT molecular complexity index is 946. The summed E-state index contributed by atoms with van der Waals surface area (Å²) in [5, 5.41) is 2.99. The molecule has 1 unspecified atom stereocenters. The van der Waals surface area contributed by atoms with E-state index in [1.54, 1.807) is 6.20 Å². The SMILES string of the molecule is CCc1ccc(C(=O)CCC(=O)NC(CC)c2ncc(-c3ccccc3)[nH]2)cc1. The number of rotatable bonds is 9. The first-order valence-corrected chi connectivity index (χ1v) is 10.1. The number of hydrogen-bond acceptors (Lipinski definition) is 3. The van der Waals surface area contributed by atoms with Gasteiger partial charge in [0.25, 0.3) is 0 Å². The molecule has 3 aromatic rings. The van der Waals surface area contributed by atoms with Crippen LogP contribution in [0.2, 0.25) is 0 Å². The average Bonchev–Trinajstić information content (AvgIpc) is 3.26. The van der Waals surface area contributed by atoms with Gasteiger partial charge in [-0.3, -0.25) is 9.59 Å². The Morgan fingerprint density at radius 1 is 1.00 bits per heavy atom. The smallest absolute Gasteiger partial charge is 0.221 e. The van der Waals surface area contributed by atoms with E-state index in [1.165, 1.54) is 5.56 Å². The third kappa shape index (κ3) is 5.41. The van der Waals surface area contributed by atoms with Crippen LogP contribution in [0.3, 0.4) is 0 Å². The molecule has 1 amide bonds. The first kappa shape index (κ1) is 20.5. The van der Waals surface area contributed by atoms with E-state index in [1.807, 2.05) is 61.5 Å². The van der Waals surface area contributed by atoms with Gasteiger partial charge < -0.3 is 10.3 Å². The van der Waals surface area contributed by atoms with Crippen LogP contribution in [0, 0.1) is 0 Å². The second-order valence-corrected chi connectivity index (χ2v) is 7.05. The van der Waals surface area contributed by atoms with Gasteiger partial charge in [-0.1, -0.05) is 68.4 Å². The van der Waals surface area contributed by atoms with Crippen molar-refractivity contribution >= 4 is 11.7 Å². The number of aromatic amines is 1. The monoisotopic (exact) mass is 389 g/mol. The van der Waals surface area contributed by atoms with Crippen LogP contribution in [-0.2, 0) is 11.2 Å². The van der Waals surface area contributed by atoms with E-state index in [-0.39, 0.29) is 30.6 Å². The summed E-state index contributed by atoms with van der Waals surface area (Å²) in [5.74, 6) is 0.564. The zero-order chi connectivity index (χ0) is 20.6. The summed E-state index contributed by atoms with van der Waals surface area (Å²) in [7, 11) is 0. The second kappa shape index (κ2) is 9.82. The zero-order valence-corrected chi connectivity index (χ0v) is 16.9. The van der Waals surface area contributed by atoms with Crippen molar-refractivity contribution in [2.24, 2.45) is 0 Å². The van der Waals surface area contributed by atoms with Crippen LogP contribution in [0.1, 0.15) is 60.9 Å². The van der Waals surface area contributed by atoms with Gasteiger partial charge in [-0.05, 0) is 24.0 Å². The third-order valence-corrected chi connectivity index (χ3v) is 5.02. The first-order valence-electron chi connectivity index (χ1n) is 10.1. The molecule has 2 N–H and O–H groups in total. The molecule has 5 nitrogen and oxygen atoms in total. The molecule has 5 heteroatoms. The number of carbonyl (C=O) groups excluding carboxylic acids is 2. The molecule has 0 radical (unpaired) electrons. The van der Waals surface area contributed by atoms with E-state index in [2.05, 4.69) is 22.2 Å². The quantitative estimate of drug-likeness (QED) is 0.513. The van der Waals surface area contributed by atoms with E-state index < -0.39 is 0 Å². The predicted molar refractivity (Wildman–Crippen MR) is 115 cm³/mol. The molecule has 150 valence electrons. The van der Waals surface area contributed by atoms with Crippen LogP contribution in [0.25, 0.3) is 11.3 Å². The third-order valence-electron chi connectivity index (χ3n) is 5.02. The molecular weight excluding hydrogens is 362 g/mol. The molecule has 1 aromatic heterocycles. The Balaban J connectivity index is 1.56. The standard InChI is InChI=1S/C24H27N3O2/c1-3-17-10-12-19(13-11-17)22(28)14-15-23(29)26-20(4-2)24-25-16-21(27-24)18-8-6-5-7-9-18/h5-13,16,20H,3-4,14-15H2,1-2H3,(H,25,27)(H,26,29). The predicted octanol–water partition coefficient (Wildman–Crippen LogP) is 4.87. The number of aryl methyl sites for hydroxylation is 1. The fourth-order valence-electron chi connectivity index (χ4n) is 3.21. The van der Waals surface area contributed by atoms with Crippen molar-refractivity contribution in [3.8, 4) is 11.3 Å². The normalized spacial score (nSPS) is 11.8. The fourth-order valence-corrected chi connectivity index (χ4v) is 3.21. The Morgan fingerprint density at radius 3 is 2.38 bits per heavy atom. The maximum absolute atomic E-state index is 12.4. The van der Waals surface area contributed by atoms with Gasteiger partial charge in [0, 0.05) is 18.4 Å². The van der Waals surface area contributed by atoms with Crippen molar-refractivity contribution in [3.05, 3.63) is 77.7 Å². The molecule has 0 fully saturated rings. The lowest BCUT2D eigenvalue weighted by Crippen LogP contribution is -2.29. The number of nitrogens with one attached hydrogen (secondary N) is 2. The summed E-state index contributed by atoms with van der Waals surface area (Å²) in [6, 6.07) is 17.3. The van der Waals surface area contributed by atoms with E-state index in [4.69, 9.17) is 0 Å². The van der Waals surface area contributed by atoms with Crippen molar-refractivity contribution < 1.29 is 9.59 Å². The van der Waals surface area contributed by atoms with Crippen LogP contribution >= 0.6 is 0 Å². The maximum atomic E-state index is 12.4. The van der Waals surface area contributed by atoms with Crippen molar-refractivity contribution in [1.29, 1.82) is 0 Å². The number of carbonyl (C=O) groups is 2. The summed E-state index contributed by atoms with van der Waals surface area (Å²) in [6.07, 6.45) is 3.79. The van der Waals surface area contributed by atoms with E-state index in [9.17, 15) is 9.59 Å². The molecule has 0 spiro atoms. The Hall–Kier alpha value is -3.21. The molecule has 3 rings (SSSR count). The number of H-pyrrole nitrogens is 1. The largest absolute Gasteiger partial charge is 0.346 e. The number of ketones is 1. The Morgan fingerprint density at radius 2 is 1.72 bits per heavy atom. The van der Waals surface area contributed by atoms with Crippen molar-refractivity contribution in [2.75, 3.05) is 0 Å². The van der Waals surface area contributed by atoms with E-state index in [0.29, 0.717) is 12.0 Å². The molecular formula is C24H27N3O2. The number of amides is 1. The van der Waals surface area contributed by atoms with Crippen molar-refractivity contribution in [1.82, 2.24) is 15.3 Å². The van der Waals surface area contributed by atoms with Gasteiger partial charge in [0.05, 0.1) is 17.9 Å². The van der Waals surface area contributed by atoms with Crippen LogP contribution in [-0.4, -0.2) is 21.7 Å². The molecule has 29 heavy (non-hydrogen) atoms. The number of hydrogen-bond donors (Lipinski definition) is 2. The Labute approximate surface area is 171 Å². The molecule has 1 atom stereocenters. The molecule has 0 aliphatic rings. The van der Waals surface area contributed by atoms with Gasteiger partial charge in [0.1, 0.15) is 5.82 Å². The minimum absolute atomic E-state index is 0.0137. The van der Waals surface area contributed by atoms with Crippen molar-refractivity contribution in [2.45, 2.75) is 45.6 Å². The van der Waals surface area contributed by atoms with Gasteiger partial charge in [-0.15, -0.1) is 0 Å². The second-order valence-electron chi connectivity index (χ2n) is 7.05. The number of nitrogens with zero attached hydrogens (tertiary/aromatic N) is 1. The maximum Gasteiger partial charge on any atom is 0.221 e. The highest BCUT2D eigenvalue weighted by molar-refractivity contribution is 5.98. The van der Waals surface area contributed by atoms with Gasteiger partial charge in [0.2, 0.25) is 5.91 Å². The Kier molecular flexibility index (Phi) is 6.95. The highest BCUT2D eigenvalue weighted by Crippen LogP contribution is 2.20. The van der Waals surface area contributed by atoms with Crippen molar-refractivity contribution in [3.63, 3.8) is 0 Å². The minimum Gasteiger partial charge on any atom is -0.346 e. The molecule has 0 saturated heterocycles. The van der Waals surface area contributed by atoms with E-state index in [0.717, 1.165) is 23.5 Å². The number of aromatic nitrogens is 2. The molecule has 1 heterocycles. The topological polar surface area (TPSA) is 74.8 Å². The van der Waals surface area contributed by atoms with Crippen LogP contribution in [0.5, 0.6) is 0 Å². The van der Waals surface area contributed by atoms with Gasteiger partial charge in [-0.2, -0.15) is 0 Å². The highest BCUT2D eigenvalue weighted by atomic mass is 16.2.